The number of urea groups is 1. The summed E-state index contributed by atoms with van der Waals surface area (Å²) in [5.41, 5.74) is 2.29. The molecule has 7 nitrogen and oxygen atoms in total. The van der Waals surface area contributed by atoms with E-state index in [4.69, 9.17) is 0 Å². The number of benzene rings is 1. The number of nitrogens with one attached hydrogen (secondary N) is 2. The molecule has 0 radical (unpaired) electrons. The first-order chi connectivity index (χ1) is 15.2. The largest absolute Gasteiger partial charge is 0.468 e. The molecule has 0 spiro atoms. The van der Waals surface area contributed by atoms with E-state index in [-0.39, 0.29) is 30.3 Å². The number of piperidine rings is 1. The van der Waals surface area contributed by atoms with Crippen molar-refractivity contribution in [3.8, 4) is 5.88 Å². The molecule has 0 saturated carbocycles. The summed E-state index contributed by atoms with van der Waals surface area (Å²) in [7, 11) is 0. The van der Waals surface area contributed by atoms with E-state index in [1.807, 2.05) is 25.1 Å². The Morgan fingerprint density at radius 1 is 1.25 bits per heavy atom. The predicted molar refractivity (Wildman–Crippen MR) is 112 cm³/mol. The van der Waals surface area contributed by atoms with E-state index in [1.165, 1.54) is 12.3 Å². The molecule has 1 atom stereocenters. The molecule has 172 valence electrons. The minimum Gasteiger partial charge on any atom is -0.468 e. The lowest BCUT2D eigenvalue weighted by Crippen LogP contribution is -2.46. The molecule has 2 N–H and O–H groups in total. The maximum atomic E-state index is 12.6. The van der Waals surface area contributed by atoms with Crippen LogP contribution in [0.25, 0.3) is 0 Å². The Hall–Kier alpha value is -3.30. The lowest BCUT2D eigenvalue weighted by atomic mass is 9.97. The van der Waals surface area contributed by atoms with Crippen LogP contribution in [0.5, 0.6) is 5.88 Å². The second-order valence-corrected chi connectivity index (χ2v) is 7.71. The number of aryl methyl sites for hydroxylation is 1. The molecule has 10 heteroatoms. The fourth-order valence-electron chi connectivity index (χ4n) is 3.43. The highest BCUT2D eigenvalue weighted by atomic mass is 19.4. The lowest BCUT2D eigenvalue weighted by Gasteiger charge is -2.32. The van der Waals surface area contributed by atoms with Gasteiger partial charge in [-0.05, 0) is 49.1 Å². The molecule has 1 fully saturated rings. The highest BCUT2D eigenvalue weighted by molar-refractivity contribution is 5.90. The zero-order valence-corrected chi connectivity index (χ0v) is 17.6. The topological polar surface area (TPSA) is 83.6 Å². The molecule has 32 heavy (non-hydrogen) atoms. The van der Waals surface area contributed by atoms with Gasteiger partial charge in [0.1, 0.15) is 0 Å². The summed E-state index contributed by atoms with van der Waals surface area (Å²) in [5.74, 6) is -0.742. The van der Waals surface area contributed by atoms with E-state index in [0.717, 1.165) is 5.56 Å². The maximum Gasteiger partial charge on any atom is 0.422 e. The summed E-state index contributed by atoms with van der Waals surface area (Å²) in [5, 5.41) is 5.63. The SMILES string of the molecule is Cc1cccc(NC(=O)N2CCCC(C(=O)NCc3ccnc(OCC(F)(F)F)c3)C2)c1. The third kappa shape index (κ3) is 7.14. The molecule has 2 heterocycles. The van der Waals surface area contributed by atoms with Gasteiger partial charge in [-0.3, -0.25) is 4.79 Å². The van der Waals surface area contributed by atoms with Crippen LogP contribution < -0.4 is 15.4 Å². The van der Waals surface area contributed by atoms with Crippen molar-refractivity contribution < 1.29 is 27.5 Å². The standard InChI is InChI=1S/C22H25F3N4O3/c1-15-4-2-6-18(10-15)28-21(31)29-9-3-5-17(13-29)20(30)27-12-16-7-8-26-19(11-16)32-14-22(23,24)25/h2,4,6-8,10-11,17H,3,5,9,12-14H2,1H3,(H,27,30)(H,28,31). The van der Waals surface area contributed by atoms with Crippen LogP contribution in [0.1, 0.15) is 24.0 Å². The first kappa shape index (κ1) is 23.4. The number of likely N-dealkylation sites (tertiary alicyclic amines) is 1. The van der Waals surface area contributed by atoms with E-state index >= 15 is 0 Å². The van der Waals surface area contributed by atoms with Gasteiger partial charge in [-0.2, -0.15) is 13.2 Å². The third-order valence-electron chi connectivity index (χ3n) is 5.00. The predicted octanol–water partition coefficient (Wildman–Crippen LogP) is 3.89. The van der Waals surface area contributed by atoms with E-state index in [0.29, 0.717) is 37.2 Å². The average molecular weight is 450 g/mol. The summed E-state index contributed by atoms with van der Waals surface area (Å²) >= 11 is 0. The van der Waals surface area contributed by atoms with Crippen molar-refractivity contribution >= 4 is 17.6 Å². The van der Waals surface area contributed by atoms with Gasteiger partial charge in [0.25, 0.3) is 0 Å². The third-order valence-corrected chi connectivity index (χ3v) is 5.00. The monoisotopic (exact) mass is 450 g/mol. The van der Waals surface area contributed by atoms with Gasteiger partial charge in [-0.25, -0.2) is 9.78 Å². The Bertz CT molecular complexity index is 952. The molecule has 0 aliphatic carbocycles. The summed E-state index contributed by atoms with van der Waals surface area (Å²) < 4.78 is 41.5. The molecule has 1 unspecified atom stereocenters. The van der Waals surface area contributed by atoms with Gasteiger partial charge in [-0.15, -0.1) is 0 Å². The second-order valence-electron chi connectivity index (χ2n) is 7.71. The summed E-state index contributed by atoms with van der Waals surface area (Å²) in [6, 6.07) is 10.2. The number of carbonyl (C=O) groups is 2. The number of aromatic nitrogens is 1. The van der Waals surface area contributed by atoms with Crippen molar-refractivity contribution in [3.63, 3.8) is 0 Å². The highest BCUT2D eigenvalue weighted by Crippen LogP contribution is 2.20. The maximum absolute atomic E-state index is 12.6. The zero-order chi connectivity index (χ0) is 23.1. The molecule has 1 saturated heterocycles. The fraction of sp³-hybridized carbons (Fsp3) is 0.409. The molecule has 3 rings (SSSR count). The Morgan fingerprint density at radius 2 is 2.06 bits per heavy atom. The normalized spacial score (nSPS) is 16.4. The van der Waals surface area contributed by atoms with Gasteiger partial charge in [0.2, 0.25) is 11.8 Å². The van der Waals surface area contributed by atoms with E-state index in [2.05, 4.69) is 20.4 Å². The number of carbonyl (C=O) groups excluding carboxylic acids is 2. The number of nitrogens with zero attached hydrogens (tertiary/aromatic N) is 2. The number of rotatable bonds is 6. The van der Waals surface area contributed by atoms with Crippen molar-refractivity contribution in [2.45, 2.75) is 32.5 Å². The van der Waals surface area contributed by atoms with E-state index in [9.17, 15) is 22.8 Å². The van der Waals surface area contributed by atoms with Gasteiger partial charge in [0.05, 0.1) is 5.92 Å². The van der Waals surface area contributed by atoms with Crippen LogP contribution in [-0.2, 0) is 11.3 Å². The summed E-state index contributed by atoms with van der Waals surface area (Å²) in [6.45, 7) is 1.48. The highest BCUT2D eigenvalue weighted by Gasteiger charge is 2.29. The fourth-order valence-corrected chi connectivity index (χ4v) is 3.43. The smallest absolute Gasteiger partial charge is 0.422 e. The van der Waals surface area contributed by atoms with Crippen molar-refractivity contribution in [1.82, 2.24) is 15.2 Å². The number of anilines is 1. The summed E-state index contributed by atoms with van der Waals surface area (Å²) in [6.07, 6.45) is -1.78. The Labute approximate surface area is 184 Å². The summed E-state index contributed by atoms with van der Waals surface area (Å²) in [4.78, 5) is 30.6. The number of hydrogen-bond donors (Lipinski definition) is 2. The molecule has 1 aliphatic heterocycles. The van der Waals surface area contributed by atoms with E-state index in [1.54, 1.807) is 17.0 Å². The van der Waals surface area contributed by atoms with Gasteiger partial charge in [0, 0.05) is 37.6 Å². The van der Waals surface area contributed by atoms with E-state index < -0.39 is 12.8 Å². The quantitative estimate of drug-likeness (QED) is 0.700. The Morgan fingerprint density at radius 3 is 2.81 bits per heavy atom. The molecule has 3 amide bonds. The van der Waals surface area contributed by atoms with Crippen molar-refractivity contribution in [2.75, 3.05) is 25.0 Å². The van der Waals surface area contributed by atoms with Crippen molar-refractivity contribution in [1.29, 1.82) is 0 Å². The zero-order valence-electron chi connectivity index (χ0n) is 17.6. The molecular weight excluding hydrogens is 425 g/mol. The minimum absolute atomic E-state index is 0.121. The van der Waals surface area contributed by atoms with Crippen molar-refractivity contribution in [3.05, 3.63) is 53.7 Å². The van der Waals surface area contributed by atoms with Gasteiger partial charge < -0.3 is 20.3 Å². The Balaban J connectivity index is 1.50. The molecule has 1 aliphatic rings. The van der Waals surface area contributed by atoms with Gasteiger partial charge in [-0.1, -0.05) is 12.1 Å². The Kier molecular flexibility index (Phi) is 7.55. The first-order valence-electron chi connectivity index (χ1n) is 10.2. The number of ether oxygens (including phenoxy) is 1. The molecule has 1 aromatic heterocycles. The minimum atomic E-state index is -4.45. The van der Waals surface area contributed by atoms with Crippen LogP contribution >= 0.6 is 0 Å². The van der Waals surface area contributed by atoms with Crippen molar-refractivity contribution in [2.24, 2.45) is 5.92 Å². The van der Waals surface area contributed by atoms with Crippen LogP contribution in [-0.4, -0.2) is 47.7 Å². The number of halogens is 3. The number of pyridine rings is 1. The molecule has 1 aromatic carbocycles. The molecule has 2 aromatic rings. The first-order valence-corrected chi connectivity index (χ1v) is 10.2. The molecule has 0 bridgehead atoms. The van der Waals surface area contributed by atoms with Gasteiger partial charge in [0.15, 0.2) is 6.61 Å². The lowest BCUT2D eigenvalue weighted by molar-refractivity contribution is -0.154. The molecular formula is C22H25F3N4O3. The van der Waals surface area contributed by atoms with Crippen LogP contribution in [0.4, 0.5) is 23.7 Å². The number of alkyl halides is 3. The number of amides is 3. The van der Waals surface area contributed by atoms with Crippen LogP contribution in [0.15, 0.2) is 42.6 Å². The average Bonchev–Trinajstić information content (AvgIpc) is 2.76. The van der Waals surface area contributed by atoms with Crippen LogP contribution in [0.3, 0.4) is 0 Å². The number of hydrogen-bond acceptors (Lipinski definition) is 4. The second kappa shape index (κ2) is 10.3. The van der Waals surface area contributed by atoms with Gasteiger partial charge >= 0.3 is 12.2 Å². The van der Waals surface area contributed by atoms with Crippen LogP contribution in [0.2, 0.25) is 0 Å². The van der Waals surface area contributed by atoms with Crippen LogP contribution in [0, 0.1) is 12.8 Å².